The third kappa shape index (κ3) is 3.81. The average molecular weight is 257 g/mol. The Morgan fingerprint density at radius 1 is 1.21 bits per heavy atom. The summed E-state index contributed by atoms with van der Waals surface area (Å²) in [6, 6.07) is 10.8. The van der Waals surface area contributed by atoms with Crippen molar-refractivity contribution in [2.45, 2.75) is 6.42 Å². The van der Waals surface area contributed by atoms with Gasteiger partial charge in [-0.2, -0.15) is 0 Å². The van der Waals surface area contributed by atoms with Gasteiger partial charge in [0, 0.05) is 18.8 Å². The molecule has 0 atom stereocenters. The van der Waals surface area contributed by atoms with E-state index < -0.39 is 0 Å². The number of rotatable bonds is 5. The van der Waals surface area contributed by atoms with Crippen LogP contribution in [-0.4, -0.2) is 24.7 Å². The molecule has 0 aliphatic rings. The SMILES string of the molecule is COC(=O)c1ccc(OCCc2cccnc2)cc1. The molecule has 4 nitrogen and oxygen atoms in total. The highest BCUT2D eigenvalue weighted by Gasteiger charge is 2.04. The molecule has 0 saturated carbocycles. The third-order valence-corrected chi connectivity index (χ3v) is 2.66. The van der Waals surface area contributed by atoms with Crippen LogP contribution in [0.4, 0.5) is 0 Å². The Balaban J connectivity index is 1.85. The Morgan fingerprint density at radius 3 is 2.63 bits per heavy atom. The van der Waals surface area contributed by atoms with Crippen molar-refractivity contribution in [2.75, 3.05) is 13.7 Å². The topological polar surface area (TPSA) is 48.4 Å². The molecular formula is C15H15NO3. The molecule has 1 aromatic heterocycles. The second-order valence-corrected chi connectivity index (χ2v) is 3.98. The zero-order valence-electron chi connectivity index (χ0n) is 10.7. The number of ether oxygens (including phenoxy) is 2. The largest absolute Gasteiger partial charge is 0.493 e. The second-order valence-electron chi connectivity index (χ2n) is 3.98. The van der Waals surface area contributed by atoms with E-state index in [9.17, 15) is 4.79 Å². The minimum absolute atomic E-state index is 0.345. The minimum Gasteiger partial charge on any atom is -0.493 e. The van der Waals surface area contributed by atoms with Gasteiger partial charge in [0.05, 0.1) is 19.3 Å². The molecule has 0 spiro atoms. The summed E-state index contributed by atoms with van der Waals surface area (Å²) in [6.07, 6.45) is 4.37. The Morgan fingerprint density at radius 2 is 2.00 bits per heavy atom. The van der Waals surface area contributed by atoms with Gasteiger partial charge in [0.15, 0.2) is 0 Å². The van der Waals surface area contributed by atoms with E-state index in [0.29, 0.717) is 12.2 Å². The summed E-state index contributed by atoms with van der Waals surface area (Å²) in [5.41, 5.74) is 1.65. The first kappa shape index (κ1) is 13.1. The van der Waals surface area contributed by atoms with Gasteiger partial charge in [0.25, 0.3) is 0 Å². The van der Waals surface area contributed by atoms with E-state index in [1.165, 1.54) is 7.11 Å². The van der Waals surface area contributed by atoms with Gasteiger partial charge in [-0.3, -0.25) is 4.98 Å². The van der Waals surface area contributed by atoms with Crippen LogP contribution in [-0.2, 0) is 11.2 Å². The Hall–Kier alpha value is -2.36. The van der Waals surface area contributed by atoms with Crippen molar-refractivity contribution >= 4 is 5.97 Å². The molecule has 0 aliphatic heterocycles. The standard InChI is InChI=1S/C15H15NO3/c1-18-15(17)13-4-6-14(7-5-13)19-10-8-12-3-2-9-16-11-12/h2-7,9,11H,8,10H2,1H3. The van der Waals surface area contributed by atoms with Crippen LogP contribution in [0.15, 0.2) is 48.8 Å². The highest BCUT2D eigenvalue weighted by molar-refractivity contribution is 5.89. The van der Waals surface area contributed by atoms with Crippen LogP contribution in [0.3, 0.4) is 0 Å². The first-order chi connectivity index (χ1) is 9.29. The Labute approximate surface area is 112 Å². The van der Waals surface area contributed by atoms with Gasteiger partial charge >= 0.3 is 5.97 Å². The van der Waals surface area contributed by atoms with Gasteiger partial charge in [-0.25, -0.2) is 4.79 Å². The number of carbonyl (C=O) groups excluding carboxylic acids is 1. The van der Waals surface area contributed by atoms with Gasteiger partial charge in [-0.05, 0) is 35.9 Å². The Bertz CT molecular complexity index is 523. The van der Waals surface area contributed by atoms with E-state index in [2.05, 4.69) is 9.72 Å². The maximum absolute atomic E-state index is 11.3. The lowest BCUT2D eigenvalue weighted by Crippen LogP contribution is -2.03. The lowest BCUT2D eigenvalue weighted by molar-refractivity contribution is 0.0600. The fraction of sp³-hybridized carbons (Fsp3) is 0.200. The van der Waals surface area contributed by atoms with Gasteiger partial charge in [-0.1, -0.05) is 6.07 Å². The smallest absolute Gasteiger partial charge is 0.337 e. The molecule has 2 aromatic rings. The maximum atomic E-state index is 11.3. The molecule has 1 aromatic carbocycles. The van der Waals surface area contributed by atoms with Gasteiger partial charge in [0.2, 0.25) is 0 Å². The summed E-state index contributed by atoms with van der Waals surface area (Å²) < 4.78 is 10.2. The molecular weight excluding hydrogens is 242 g/mol. The molecule has 19 heavy (non-hydrogen) atoms. The van der Waals surface area contributed by atoms with Gasteiger partial charge < -0.3 is 9.47 Å². The number of hydrogen-bond donors (Lipinski definition) is 0. The van der Waals surface area contributed by atoms with E-state index in [0.717, 1.165) is 17.7 Å². The number of benzene rings is 1. The predicted octanol–water partition coefficient (Wildman–Crippen LogP) is 2.49. The molecule has 0 radical (unpaired) electrons. The van der Waals surface area contributed by atoms with E-state index in [-0.39, 0.29) is 5.97 Å². The molecule has 0 fully saturated rings. The molecule has 0 unspecified atom stereocenters. The molecule has 0 bridgehead atoms. The van der Waals surface area contributed by atoms with E-state index >= 15 is 0 Å². The van der Waals surface area contributed by atoms with Crippen LogP contribution in [0.1, 0.15) is 15.9 Å². The fourth-order valence-electron chi connectivity index (χ4n) is 1.64. The number of carbonyl (C=O) groups is 1. The number of nitrogens with zero attached hydrogens (tertiary/aromatic N) is 1. The molecule has 0 amide bonds. The molecule has 2 rings (SSSR count). The summed E-state index contributed by atoms with van der Waals surface area (Å²) in [5, 5.41) is 0. The second kappa shape index (κ2) is 6.54. The van der Waals surface area contributed by atoms with Gasteiger partial charge in [-0.15, -0.1) is 0 Å². The van der Waals surface area contributed by atoms with E-state index in [1.807, 2.05) is 18.3 Å². The third-order valence-electron chi connectivity index (χ3n) is 2.66. The summed E-state index contributed by atoms with van der Waals surface area (Å²) >= 11 is 0. The summed E-state index contributed by atoms with van der Waals surface area (Å²) in [4.78, 5) is 15.3. The minimum atomic E-state index is -0.345. The van der Waals surface area contributed by atoms with Crippen molar-refractivity contribution in [3.8, 4) is 5.75 Å². The lowest BCUT2D eigenvalue weighted by Gasteiger charge is -2.06. The molecule has 0 N–H and O–H groups in total. The fourth-order valence-corrected chi connectivity index (χ4v) is 1.64. The molecule has 1 heterocycles. The van der Waals surface area contributed by atoms with Crippen LogP contribution < -0.4 is 4.74 Å². The van der Waals surface area contributed by atoms with E-state index in [4.69, 9.17) is 4.74 Å². The van der Waals surface area contributed by atoms with Crippen LogP contribution >= 0.6 is 0 Å². The van der Waals surface area contributed by atoms with Crippen molar-refractivity contribution in [3.63, 3.8) is 0 Å². The molecule has 4 heteroatoms. The van der Waals surface area contributed by atoms with Crippen molar-refractivity contribution in [2.24, 2.45) is 0 Å². The monoisotopic (exact) mass is 257 g/mol. The van der Waals surface area contributed by atoms with Crippen molar-refractivity contribution in [1.82, 2.24) is 4.98 Å². The highest BCUT2D eigenvalue weighted by Crippen LogP contribution is 2.13. The zero-order chi connectivity index (χ0) is 13.5. The van der Waals surface area contributed by atoms with Gasteiger partial charge in [0.1, 0.15) is 5.75 Å². The lowest BCUT2D eigenvalue weighted by atomic mass is 10.2. The summed E-state index contributed by atoms with van der Waals surface area (Å²) in [6.45, 7) is 0.573. The van der Waals surface area contributed by atoms with Crippen molar-refractivity contribution in [3.05, 3.63) is 59.9 Å². The van der Waals surface area contributed by atoms with Crippen LogP contribution in [0.25, 0.3) is 0 Å². The molecule has 0 aliphatic carbocycles. The highest BCUT2D eigenvalue weighted by atomic mass is 16.5. The normalized spacial score (nSPS) is 9.95. The summed E-state index contributed by atoms with van der Waals surface area (Å²) in [7, 11) is 1.36. The van der Waals surface area contributed by atoms with E-state index in [1.54, 1.807) is 30.5 Å². The number of esters is 1. The first-order valence-electron chi connectivity index (χ1n) is 5.99. The van der Waals surface area contributed by atoms with Crippen molar-refractivity contribution < 1.29 is 14.3 Å². The maximum Gasteiger partial charge on any atom is 0.337 e. The molecule has 0 saturated heterocycles. The quantitative estimate of drug-likeness (QED) is 0.772. The molecule has 98 valence electrons. The number of hydrogen-bond acceptors (Lipinski definition) is 4. The number of aromatic nitrogens is 1. The first-order valence-corrected chi connectivity index (χ1v) is 5.99. The Kier molecular flexibility index (Phi) is 4.50. The van der Waals surface area contributed by atoms with Crippen LogP contribution in [0.5, 0.6) is 5.75 Å². The average Bonchev–Trinajstić information content (AvgIpc) is 2.48. The predicted molar refractivity (Wildman–Crippen MR) is 71.2 cm³/mol. The van der Waals surface area contributed by atoms with Crippen LogP contribution in [0, 0.1) is 0 Å². The number of methoxy groups -OCH3 is 1. The number of pyridine rings is 1. The van der Waals surface area contributed by atoms with Crippen LogP contribution in [0.2, 0.25) is 0 Å². The zero-order valence-corrected chi connectivity index (χ0v) is 10.7. The summed E-state index contributed by atoms with van der Waals surface area (Å²) in [5.74, 6) is 0.387. The van der Waals surface area contributed by atoms with Crippen molar-refractivity contribution in [1.29, 1.82) is 0 Å².